The first-order valence-corrected chi connectivity index (χ1v) is 7.37. The zero-order valence-corrected chi connectivity index (χ0v) is 12.0. The first-order chi connectivity index (χ1) is 9.33. The molecule has 7 heteroatoms. The maximum absolute atomic E-state index is 4.55. The molecule has 1 aromatic carbocycles. The van der Waals surface area contributed by atoms with Gasteiger partial charge >= 0.3 is 0 Å². The van der Waals surface area contributed by atoms with Crippen molar-refractivity contribution < 1.29 is 0 Å². The molecule has 0 amide bonds. The second-order valence-electron chi connectivity index (χ2n) is 4.10. The minimum atomic E-state index is 0.0127. The highest BCUT2D eigenvalue weighted by atomic mass is 79.9. The second-order valence-corrected chi connectivity index (χ2v) is 5.88. The van der Waals surface area contributed by atoms with Crippen LogP contribution >= 0.6 is 27.3 Å². The molecular weight excluding hydrogens is 326 g/mol. The Hall–Kier alpha value is -1.73. The van der Waals surface area contributed by atoms with Crippen LogP contribution in [0.3, 0.4) is 0 Å². The maximum atomic E-state index is 4.55. The number of aromatic nitrogens is 4. The third-order valence-corrected chi connectivity index (χ3v) is 4.46. The van der Waals surface area contributed by atoms with E-state index in [9.17, 15) is 0 Å². The van der Waals surface area contributed by atoms with Gasteiger partial charge in [-0.05, 0) is 12.1 Å². The van der Waals surface area contributed by atoms with Crippen molar-refractivity contribution in [2.45, 2.75) is 6.17 Å². The highest BCUT2D eigenvalue weighted by Crippen LogP contribution is 2.35. The fourth-order valence-corrected chi connectivity index (χ4v) is 3.14. The van der Waals surface area contributed by atoms with Gasteiger partial charge in [0.15, 0.2) is 12.0 Å². The van der Waals surface area contributed by atoms with Gasteiger partial charge in [0.2, 0.25) is 5.95 Å². The largest absolute Gasteiger partial charge is 0.327 e. The smallest absolute Gasteiger partial charge is 0.226 e. The van der Waals surface area contributed by atoms with E-state index in [1.807, 2.05) is 34.3 Å². The molecule has 2 aromatic heterocycles. The van der Waals surface area contributed by atoms with Crippen molar-refractivity contribution in [3.05, 3.63) is 45.3 Å². The Kier molecular flexibility index (Phi) is 2.42. The highest BCUT2D eigenvalue weighted by molar-refractivity contribution is 9.10. The maximum Gasteiger partial charge on any atom is 0.226 e. The molecule has 3 aromatic rings. The van der Waals surface area contributed by atoms with Crippen molar-refractivity contribution in [1.82, 2.24) is 19.7 Å². The molecule has 1 aliphatic rings. The van der Waals surface area contributed by atoms with Crippen molar-refractivity contribution in [3.8, 4) is 11.4 Å². The number of hydrogen-bond donors (Lipinski definition) is 1. The van der Waals surface area contributed by atoms with Crippen LogP contribution in [0.1, 0.15) is 11.2 Å². The van der Waals surface area contributed by atoms with Gasteiger partial charge in [0.25, 0.3) is 0 Å². The number of rotatable bonds is 2. The first kappa shape index (κ1) is 11.1. The summed E-state index contributed by atoms with van der Waals surface area (Å²) < 4.78 is 2.86. The van der Waals surface area contributed by atoms with Gasteiger partial charge in [0, 0.05) is 21.6 Å². The summed E-state index contributed by atoms with van der Waals surface area (Å²) in [4.78, 5) is 8.77. The molecule has 0 spiro atoms. The molecule has 0 saturated carbocycles. The third kappa shape index (κ3) is 1.69. The van der Waals surface area contributed by atoms with Crippen LogP contribution in [0.4, 0.5) is 5.95 Å². The molecule has 1 aliphatic heterocycles. The minimum Gasteiger partial charge on any atom is -0.327 e. The normalized spacial score (nSPS) is 16.6. The summed E-state index contributed by atoms with van der Waals surface area (Å²) >= 11 is 5.13. The lowest BCUT2D eigenvalue weighted by Crippen LogP contribution is -2.32. The summed E-state index contributed by atoms with van der Waals surface area (Å²) in [5.41, 5.74) is 0.990. The van der Waals surface area contributed by atoms with E-state index < -0.39 is 0 Å². The SMILES string of the molecule is Brc1ccccc1-c1nc2n(n1)C(c1nccs1)N2. The summed E-state index contributed by atoms with van der Waals surface area (Å²) in [6, 6.07) is 7.93. The fraction of sp³-hybridized carbons (Fsp3) is 0.0833. The average Bonchev–Trinajstić information content (AvgIpc) is 3.01. The summed E-state index contributed by atoms with van der Waals surface area (Å²) in [6.07, 6.45) is 1.81. The van der Waals surface area contributed by atoms with Crippen LogP contribution < -0.4 is 5.32 Å². The van der Waals surface area contributed by atoms with Gasteiger partial charge in [-0.25, -0.2) is 9.67 Å². The van der Waals surface area contributed by atoms with Crippen molar-refractivity contribution in [2.75, 3.05) is 5.32 Å². The van der Waals surface area contributed by atoms with Gasteiger partial charge in [0.1, 0.15) is 5.01 Å². The molecule has 1 N–H and O–H groups in total. The summed E-state index contributed by atoms with van der Waals surface area (Å²) in [6.45, 7) is 0. The zero-order valence-electron chi connectivity index (χ0n) is 9.62. The molecule has 4 rings (SSSR count). The van der Waals surface area contributed by atoms with Crippen LogP contribution in [0.15, 0.2) is 40.3 Å². The van der Waals surface area contributed by atoms with Crippen LogP contribution in [0.2, 0.25) is 0 Å². The Morgan fingerprint density at radius 1 is 1.32 bits per heavy atom. The molecule has 94 valence electrons. The van der Waals surface area contributed by atoms with E-state index in [0.29, 0.717) is 5.82 Å². The number of benzene rings is 1. The van der Waals surface area contributed by atoms with E-state index in [-0.39, 0.29) is 6.17 Å². The van der Waals surface area contributed by atoms with E-state index in [0.717, 1.165) is 21.0 Å². The van der Waals surface area contributed by atoms with Crippen LogP contribution in [0.5, 0.6) is 0 Å². The van der Waals surface area contributed by atoms with Crippen molar-refractivity contribution in [2.24, 2.45) is 0 Å². The Balaban J connectivity index is 1.74. The Morgan fingerprint density at radius 3 is 3.00 bits per heavy atom. The predicted octanol–water partition coefficient (Wildman–Crippen LogP) is 3.14. The van der Waals surface area contributed by atoms with Crippen LogP contribution in [-0.2, 0) is 0 Å². The van der Waals surface area contributed by atoms with Gasteiger partial charge < -0.3 is 5.32 Å². The monoisotopic (exact) mass is 333 g/mol. The molecule has 0 aliphatic carbocycles. The van der Waals surface area contributed by atoms with E-state index in [1.165, 1.54) is 0 Å². The van der Waals surface area contributed by atoms with E-state index in [1.54, 1.807) is 17.5 Å². The Labute approximate surface area is 121 Å². The lowest BCUT2D eigenvalue weighted by molar-refractivity contribution is 0.508. The number of nitrogens with one attached hydrogen (secondary N) is 1. The number of hydrogen-bond acceptors (Lipinski definition) is 5. The first-order valence-electron chi connectivity index (χ1n) is 5.70. The highest BCUT2D eigenvalue weighted by Gasteiger charge is 2.32. The number of fused-ring (bicyclic) bond motifs is 1. The molecule has 1 unspecified atom stereocenters. The number of anilines is 1. The standard InChI is InChI=1S/C12H8BrN5S/c13-8-4-2-1-3-7(8)9-15-12-16-10(18(12)17-9)11-14-5-6-19-11/h1-6,10H,(H,15,16,17). The molecule has 3 heterocycles. The van der Waals surface area contributed by atoms with Crippen molar-refractivity contribution in [3.63, 3.8) is 0 Å². The molecule has 0 bridgehead atoms. The topological polar surface area (TPSA) is 55.6 Å². The second kappa shape index (κ2) is 4.14. The van der Waals surface area contributed by atoms with Crippen LogP contribution in [-0.4, -0.2) is 19.7 Å². The quantitative estimate of drug-likeness (QED) is 0.782. The minimum absolute atomic E-state index is 0.0127. The van der Waals surface area contributed by atoms with Gasteiger partial charge in [0.05, 0.1) is 0 Å². The molecule has 0 fully saturated rings. The Bertz CT molecular complexity index is 736. The summed E-state index contributed by atoms with van der Waals surface area (Å²) in [5.74, 6) is 1.50. The van der Waals surface area contributed by atoms with Gasteiger partial charge in [-0.2, -0.15) is 4.98 Å². The molecule has 1 atom stereocenters. The van der Waals surface area contributed by atoms with E-state index in [2.05, 4.69) is 36.3 Å². The van der Waals surface area contributed by atoms with Gasteiger partial charge in [-0.1, -0.05) is 28.1 Å². The zero-order chi connectivity index (χ0) is 12.8. The molecular formula is C12H8BrN5S. The van der Waals surface area contributed by atoms with Crippen LogP contribution in [0.25, 0.3) is 11.4 Å². The average molecular weight is 334 g/mol. The van der Waals surface area contributed by atoms with Crippen molar-refractivity contribution >= 4 is 33.2 Å². The van der Waals surface area contributed by atoms with Crippen LogP contribution in [0, 0.1) is 0 Å². The fourth-order valence-electron chi connectivity index (χ4n) is 2.01. The Morgan fingerprint density at radius 2 is 2.21 bits per heavy atom. The van der Waals surface area contributed by atoms with E-state index >= 15 is 0 Å². The van der Waals surface area contributed by atoms with Gasteiger partial charge in [-0.15, -0.1) is 16.4 Å². The number of thiazole rings is 1. The van der Waals surface area contributed by atoms with Crippen molar-refractivity contribution in [1.29, 1.82) is 0 Å². The molecule has 19 heavy (non-hydrogen) atoms. The third-order valence-electron chi connectivity index (χ3n) is 2.94. The molecule has 0 saturated heterocycles. The van der Waals surface area contributed by atoms with E-state index in [4.69, 9.17) is 0 Å². The lowest BCUT2D eigenvalue weighted by atomic mass is 10.2. The number of halogens is 1. The summed E-state index contributed by atoms with van der Waals surface area (Å²) in [7, 11) is 0. The molecule has 5 nitrogen and oxygen atoms in total. The van der Waals surface area contributed by atoms with Gasteiger partial charge in [-0.3, -0.25) is 0 Å². The lowest BCUT2D eigenvalue weighted by Gasteiger charge is -2.26. The predicted molar refractivity (Wildman–Crippen MR) is 77.0 cm³/mol. The summed E-state index contributed by atoms with van der Waals surface area (Å²) in [5, 5.41) is 10.8. The molecule has 0 radical (unpaired) electrons. The number of nitrogens with zero attached hydrogens (tertiary/aromatic N) is 4.